The van der Waals surface area contributed by atoms with Gasteiger partial charge in [-0.1, -0.05) is 50.3 Å². The highest BCUT2D eigenvalue weighted by Gasteiger charge is 2.09. The SMILES string of the molecule is CCCCCCC(O)c1ccc(Cl)cc1C. The average molecular weight is 241 g/mol. The highest BCUT2D eigenvalue weighted by molar-refractivity contribution is 6.30. The lowest BCUT2D eigenvalue weighted by molar-refractivity contribution is 0.162. The molecule has 0 amide bonds. The third-order valence-corrected chi connectivity index (χ3v) is 3.16. The van der Waals surface area contributed by atoms with E-state index in [-0.39, 0.29) is 6.10 Å². The van der Waals surface area contributed by atoms with E-state index >= 15 is 0 Å². The molecule has 0 bridgehead atoms. The first-order chi connectivity index (χ1) is 7.65. The molecule has 0 fully saturated rings. The van der Waals surface area contributed by atoms with Crippen molar-refractivity contribution in [2.75, 3.05) is 0 Å². The van der Waals surface area contributed by atoms with Crippen molar-refractivity contribution in [2.45, 2.75) is 52.1 Å². The second-order valence-electron chi connectivity index (χ2n) is 4.37. The number of hydrogen-bond acceptors (Lipinski definition) is 1. The topological polar surface area (TPSA) is 20.2 Å². The number of aliphatic hydroxyl groups is 1. The van der Waals surface area contributed by atoms with Crippen molar-refractivity contribution in [1.29, 1.82) is 0 Å². The summed E-state index contributed by atoms with van der Waals surface area (Å²) in [4.78, 5) is 0. The summed E-state index contributed by atoms with van der Waals surface area (Å²) in [6, 6.07) is 5.69. The highest BCUT2D eigenvalue weighted by atomic mass is 35.5. The third kappa shape index (κ3) is 4.15. The molecule has 0 saturated heterocycles. The predicted molar refractivity (Wildman–Crippen MR) is 69.9 cm³/mol. The second-order valence-corrected chi connectivity index (χ2v) is 4.80. The Morgan fingerprint density at radius 1 is 1.25 bits per heavy atom. The lowest BCUT2D eigenvalue weighted by atomic mass is 9.99. The van der Waals surface area contributed by atoms with Gasteiger partial charge in [0.25, 0.3) is 0 Å². The van der Waals surface area contributed by atoms with E-state index in [9.17, 15) is 5.11 Å². The van der Waals surface area contributed by atoms with E-state index in [1.54, 1.807) is 0 Å². The summed E-state index contributed by atoms with van der Waals surface area (Å²) in [7, 11) is 0. The van der Waals surface area contributed by atoms with Crippen LogP contribution in [0.1, 0.15) is 56.3 Å². The number of benzene rings is 1. The van der Waals surface area contributed by atoms with Crippen LogP contribution in [0.4, 0.5) is 0 Å². The van der Waals surface area contributed by atoms with Crippen LogP contribution in [0.5, 0.6) is 0 Å². The fourth-order valence-corrected chi connectivity index (χ4v) is 2.16. The minimum absolute atomic E-state index is 0.339. The molecule has 1 aromatic rings. The van der Waals surface area contributed by atoms with Gasteiger partial charge in [0.1, 0.15) is 0 Å². The van der Waals surface area contributed by atoms with Crippen LogP contribution in [0.15, 0.2) is 18.2 Å². The molecule has 0 heterocycles. The average Bonchev–Trinajstić information content (AvgIpc) is 2.24. The molecule has 1 unspecified atom stereocenters. The maximum atomic E-state index is 10.0. The molecule has 1 rings (SSSR count). The van der Waals surface area contributed by atoms with Gasteiger partial charge in [-0.15, -0.1) is 0 Å². The first-order valence-electron chi connectivity index (χ1n) is 6.09. The normalized spacial score (nSPS) is 12.8. The Bertz CT molecular complexity index is 323. The Labute approximate surface area is 103 Å². The van der Waals surface area contributed by atoms with Gasteiger partial charge in [-0.25, -0.2) is 0 Å². The minimum Gasteiger partial charge on any atom is -0.388 e. The highest BCUT2D eigenvalue weighted by Crippen LogP contribution is 2.25. The van der Waals surface area contributed by atoms with Crippen molar-refractivity contribution in [3.05, 3.63) is 34.3 Å². The van der Waals surface area contributed by atoms with Crippen LogP contribution >= 0.6 is 11.6 Å². The molecule has 0 aliphatic carbocycles. The van der Waals surface area contributed by atoms with Gasteiger partial charge in [0.05, 0.1) is 6.10 Å². The van der Waals surface area contributed by atoms with Crippen LogP contribution in [0, 0.1) is 6.92 Å². The Kier molecular flexibility index (Phi) is 5.86. The maximum absolute atomic E-state index is 10.0. The van der Waals surface area contributed by atoms with Crippen LogP contribution in [-0.4, -0.2) is 5.11 Å². The summed E-state index contributed by atoms with van der Waals surface area (Å²) in [6.07, 6.45) is 5.30. The molecule has 0 spiro atoms. The lowest BCUT2D eigenvalue weighted by Crippen LogP contribution is -2.00. The summed E-state index contributed by atoms with van der Waals surface area (Å²) in [5.41, 5.74) is 2.09. The van der Waals surface area contributed by atoms with Crippen LogP contribution in [0.3, 0.4) is 0 Å². The number of unbranched alkanes of at least 4 members (excludes halogenated alkanes) is 3. The molecular weight excluding hydrogens is 220 g/mol. The van der Waals surface area contributed by atoms with Gasteiger partial charge in [0.15, 0.2) is 0 Å². The van der Waals surface area contributed by atoms with Crippen molar-refractivity contribution in [3.8, 4) is 0 Å². The fraction of sp³-hybridized carbons (Fsp3) is 0.571. The maximum Gasteiger partial charge on any atom is 0.0792 e. The summed E-state index contributed by atoms with van der Waals surface area (Å²) in [5.74, 6) is 0. The first-order valence-corrected chi connectivity index (χ1v) is 6.47. The predicted octanol–water partition coefficient (Wildman–Crippen LogP) is 4.65. The van der Waals surface area contributed by atoms with E-state index in [2.05, 4.69) is 6.92 Å². The van der Waals surface area contributed by atoms with Gasteiger partial charge in [-0.2, -0.15) is 0 Å². The van der Waals surface area contributed by atoms with E-state index < -0.39 is 0 Å². The van der Waals surface area contributed by atoms with E-state index in [1.165, 1.54) is 19.3 Å². The third-order valence-electron chi connectivity index (χ3n) is 2.92. The van der Waals surface area contributed by atoms with Gasteiger partial charge < -0.3 is 5.11 Å². The lowest BCUT2D eigenvalue weighted by Gasteiger charge is -2.13. The second kappa shape index (κ2) is 6.93. The van der Waals surface area contributed by atoms with Crippen LogP contribution in [-0.2, 0) is 0 Å². The number of halogens is 1. The van der Waals surface area contributed by atoms with Crippen LogP contribution < -0.4 is 0 Å². The van der Waals surface area contributed by atoms with Gasteiger partial charge in [-0.05, 0) is 36.6 Å². The van der Waals surface area contributed by atoms with Crippen molar-refractivity contribution in [1.82, 2.24) is 0 Å². The molecule has 1 atom stereocenters. The number of rotatable bonds is 6. The van der Waals surface area contributed by atoms with E-state index in [0.29, 0.717) is 0 Å². The summed E-state index contributed by atoms with van der Waals surface area (Å²) in [6.45, 7) is 4.19. The van der Waals surface area contributed by atoms with Crippen molar-refractivity contribution in [3.63, 3.8) is 0 Å². The molecule has 0 aromatic heterocycles. The smallest absolute Gasteiger partial charge is 0.0792 e. The number of hydrogen-bond donors (Lipinski definition) is 1. The molecule has 0 aliphatic heterocycles. The number of aryl methyl sites for hydroxylation is 1. The molecule has 0 saturated carbocycles. The summed E-state index contributed by atoms with van der Waals surface area (Å²) < 4.78 is 0. The molecule has 0 radical (unpaired) electrons. The minimum atomic E-state index is -0.339. The van der Waals surface area contributed by atoms with Gasteiger partial charge in [0, 0.05) is 5.02 Å². The molecule has 1 N–H and O–H groups in total. The quantitative estimate of drug-likeness (QED) is 0.718. The van der Waals surface area contributed by atoms with Gasteiger partial charge in [0.2, 0.25) is 0 Å². The largest absolute Gasteiger partial charge is 0.388 e. The Balaban J connectivity index is 2.49. The Morgan fingerprint density at radius 2 is 2.00 bits per heavy atom. The molecular formula is C14H21ClO. The molecule has 0 aliphatic rings. The fourth-order valence-electron chi connectivity index (χ4n) is 1.93. The van der Waals surface area contributed by atoms with Gasteiger partial charge in [-0.3, -0.25) is 0 Å². The van der Waals surface area contributed by atoms with Crippen LogP contribution in [0.2, 0.25) is 5.02 Å². The van der Waals surface area contributed by atoms with E-state index in [0.717, 1.165) is 29.0 Å². The monoisotopic (exact) mass is 240 g/mol. The molecule has 1 nitrogen and oxygen atoms in total. The van der Waals surface area contributed by atoms with Crippen LogP contribution in [0.25, 0.3) is 0 Å². The van der Waals surface area contributed by atoms with E-state index in [1.807, 2.05) is 25.1 Å². The van der Waals surface area contributed by atoms with Crippen molar-refractivity contribution < 1.29 is 5.11 Å². The van der Waals surface area contributed by atoms with E-state index in [4.69, 9.17) is 11.6 Å². The number of aliphatic hydroxyl groups excluding tert-OH is 1. The Morgan fingerprint density at radius 3 is 2.62 bits per heavy atom. The standard InChI is InChI=1S/C14H21ClO/c1-3-4-5-6-7-14(16)13-9-8-12(15)10-11(13)2/h8-10,14,16H,3-7H2,1-2H3. The zero-order chi connectivity index (χ0) is 12.0. The van der Waals surface area contributed by atoms with Gasteiger partial charge >= 0.3 is 0 Å². The molecule has 1 aromatic carbocycles. The van der Waals surface area contributed by atoms with Crippen molar-refractivity contribution in [2.24, 2.45) is 0 Å². The molecule has 2 heteroatoms. The van der Waals surface area contributed by atoms with Crippen molar-refractivity contribution >= 4 is 11.6 Å². The Hall–Kier alpha value is -0.530. The summed E-state index contributed by atoms with van der Waals surface area (Å²) in [5, 5.41) is 10.8. The first kappa shape index (κ1) is 13.5. The zero-order valence-corrected chi connectivity index (χ0v) is 10.9. The zero-order valence-electron chi connectivity index (χ0n) is 10.2. The molecule has 90 valence electrons. The molecule has 16 heavy (non-hydrogen) atoms. The summed E-state index contributed by atoms with van der Waals surface area (Å²) >= 11 is 5.89.